The van der Waals surface area contributed by atoms with Crippen molar-refractivity contribution in [2.45, 2.75) is 38.4 Å². The fourth-order valence-electron chi connectivity index (χ4n) is 5.69. The summed E-state index contributed by atoms with van der Waals surface area (Å²) >= 11 is 0. The van der Waals surface area contributed by atoms with E-state index in [2.05, 4.69) is 36.6 Å². The summed E-state index contributed by atoms with van der Waals surface area (Å²) in [6.07, 6.45) is 2.17. The third-order valence-corrected chi connectivity index (χ3v) is 7.34. The van der Waals surface area contributed by atoms with Gasteiger partial charge in [-0.2, -0.15) is 13.2 Å². The van der Waals surface area contributed by atoms with Crippen molar-refractivity contribution in [3.05, 3.63) is 36.4 Å². The van der Waals surface area contributed by atoms with Gasteiger partial charge in [0.25, 0.3) is 0 Å². The van der Waals surface area contributed by atoms with E-state index in [1.54, 1.807) is 18.3 Å². The zero-order valence-electron chi connectivity index (χ0n) is 18.4. The van der Waals surface area contributed by atoms with Gasteiger partial charge in [-0.25, -0.2) is 15.0 Å². The molecule has 1 aliphatic carbocycles. The van der Waals surface area contributed by atoms with Crippen LogP contribution in [-0.4, -0.2) is 76.6 Å². The molecule has 1 unspecified atom stereocenters. The SMILES string of the molecule is CCN1CC2(CCC(N3CCN(c4ncccc4-c4ccnc(C(F)(F)F)n4)CC3)C2)C1. The number of nitrogens with zero attached hydrogens (tertiary/aromatic N) is 6. The van der Waals surface area contributed by atoms with Crippen molar-refractivity contribution in [1.82, 2.24) is 24.8 Å². The largest absolute Gasteiger partial charge is 0.451 e. The van der Waals surface area contributed by atoms with E-state index in [0.29, 0.717) is 22.8 Å². The normalized spacial score (nSPS) is 24.1. The van der Waals surface area contributed by atoms with Crippen LogP contribution in [0.3, 0.4) is 0 Å². The number of anilines is 1. The van der Waals surface area contributed by atoms with Crippen LogP contribution in [0.25, 0.3) is 11.3 Å². The van der Waals surface area contributed by atoms with E-state index in [4.69, 9.17) is 0 Å². The summed E-state index contributed by atoms with van der Waals surface area (Å²) in [4.78, 5) is 19.0. The van der Waals surface area contributed by atoms with E-state index in [0.717, 1.165) is 38.9 Å². The fraction of sp³-hybridized carbons (Fsp3) is 0.609. The molecule has 6 nitrogen and oxygen atoms in total. The van der Waals surface area contributed by atoms with Crippen molar-refractivity contribution >= 4 is 5.82 Å². The number of pyridine rings is 1. The average Bonchev–Trinajstić information content (AvgIpc) is 3.23. The van der Waals surface area contributed by atoms with Crippen LogP contribution in [0, 0.1) is 5.41 Å². The molecule has 0 bridgehead atoms. The molecular formula is C23H29F3N6. The Labute approximate surface area is 186 Å². The molecule has 4 heterocycles. The van der Waals surface area contributed by atoms with Crippen LogP contribution < -0.4 is 4.90 Å². The van der Waals surface area contributed by atoms with E-state index in [-0.39, 0.29) is 5.69 Å². The highest BCUT2D eigenvalue weighted by Gasteiger charge is 2.48. The maximum atomic E-state index is 13.1. The molecular weight excluding hydrogens is 417 g/mol. The highest BCUT2D eigenvalue weighted by atomic mass is 19.4. The average molecular weight is 447 g/mol. The number of alkyl halides is 3. The van der Waals surface area contributed by atoms with Gasteiger partial charge in [0.2, 0.25) is 5.82 Å². The maximum absolute atomic E-state index is 13.1. The Morgan fingerprint density at radius 2 is 1.84 bits per heavy atom. The standard InChI is InChI=1S/C23H29F3N6/c1-2-30-15-22(16-30)7-5-17(14-22)31-10-12-32(13-11-31)20-18(4-3-8-27-20)19-6-9-28-21(29-19)23(24,25)26/h3-4,6,8-9,17H,2,5,7,10-16H2,1H3. The summed E-state index contributed by atoms with van der Waals surface area (Å²) in [6.45, 7) is 9.39. The molecule has 1 atom stereocenters. The van der Waals surface area contributed by atoms with Crippen molar-refractivity contribution in [3.63, 3.8) is 0 Å². The van der Waals surface area contributed by atoms with Crippen LogP contribution in [0.4, 0.5) is 19.0 Å². The first-order valence-corrected chi connectivity index (χ1v) is 11.4. The topological polar surface area (TPSA) is 48.4 Å². The minimum absolute atomic E-state index is 0.251. The van der Waals surface area contributed by atoms with E-state index < -0.39 is 12.0 Å². The number of halogens is 3. The second kappa shape index (κ2) is 8.26. The fourth-order valence-corrected chi connectivity index (χ4v) is 5.69. The first-order chi connectivity index (χ1) is 15.4. The maximum Gasteiger partial charge on any atom is 0.451 e. The number of piperazine rings is 1. The van der Waals surface area contributed by atoms with Crippen LogP contribution in [0.1, 0.15) is 32.0 Å². The quantitative estimate of drug-likeness (QED) is 0.716. The molecule has 9 heteroatoms. The van der Waals surface area contributed by atoms with Gasteiger partial charge in [-0.1, -0.05) is 6.92 Å². The number of likely N-dealkylation sites (tertiary alicyclic amines) is 1. The number of rotatable bonds is 4. The molecule has 172 valence electrons. The van der Waals surface area contributed by atoms with Gasteiger partial charge < -0.3 is 9.80 Å². The molecule has 0 N–H and O–H groups in total. The van der Waals surface area contributed by atoms with Gasteiger partial charge in [0, 0.05) is 63.3 Å². The molecule has 1 spiro atoms. The van der Waals surface area contributed by atoms with Gasteiger partial charge in [-0.15, -0.1) is 0 Å². The molecule has 2 saturated heterocycles. The van der Waals surface area contributed by atoms with E-state index >= 15 is 0 Å². The summed E-state index contributed by atoms with van der Waals surface area (Å²) in [6, 6.07) is 5.69. The first kappa shape index (κ1) is 21.6. The van der Waals surface area contributed by atoms with Crippen LogP contribution in [0.2, 0.25) is 0 Å². The minimum Gasteiger partial charge on any atom is -0.353 e. The molecule has 0 aromatic carbocycles. The smallest absolute Gasteiger partial charge is 0.353 e. The molecule has 0 amide bonds. The molecule has 2 aromatic heterocycles. The highest BCUT2D eigenvalue weighted by Crippen LogP contribution is 2.47. The third kappa shape index (κ3) is 4.08. The summed E-state index contributed by atoms with van der Waals surface area (Å²) in [5.41, 5.74) is 1.40. The zero-order valence-corrected chi connectivity index (χ0v) is 18.4. The van der Waals surface area contributed by atoms with Crippen molar-refractivity contribution in [2.24, 2.45) is 5.41 Å². The minimum atomic E-state index is -4.57. The predicted molar refractivity (Wildman–Crippen MR) is 116 cm³/mol. The van der Waals surface area contributed by atoms with Crippen LogP contribution >= 0.6 is 0 Å². The predicted octanol–water partition coefficient (Wildman–Crippen LogP) is 3.55. The first-order valence-electron chi connectivity index (χ1n) is 11.4. The Morgan fingerprint density at radius 3 is 2.56 bits per heavy atom. The van der Waals surface area contributed by atoms with Crippen LogP contribution in [0.15, 0.2) is 30.6 Å². The molecule has 1 saturated carbocycles. The molecule has 3 fully saturated rings. The van der Waals surface area contributed by atoms with Crippen LogP contribution in [-0.2, 0) is 6.18 Å². The van der Waals surface area contributed by atoms with Gasteiger partial charge in [0.05, 0.1) is 5.69 Å². The third-order valence-electron chi connectivity index (χ3n) is 7.34. The number of aromatic nitrogens is 3. The summed E-state index contributed by atoms with van der Waals surface area (Å²) in [7, 11) is 0. The molecule has 5 rings (SSSR count). The van der Waals surface area contributed by atoms with Gasteiger partial charge in [-0.05, 0) is 49.4 Å². The molecule has 3 aliphatic rings. The number of hydrogen-bond acceptors (Lipinski definition) is 6. The monoisotopic (exact) mass is 446 g/mol. The molecule has 2 aliphatic heterocycles. The lowest BCUT2D eigenvalue weighted by Gasteiger charge is -2.49. The van der Waals surface area contributed by atoms with Crippen molar-refractivity contribution < 1.29 is 13.2 Å². The van der Waals surface area contributed by atoms with Gasteiger partial charge in [0.15, 0.2) is 0 Å². The summed E-state index contributed by atoms with van der Waals surface area (Å²) in [5, 5.41) is 0. The second-order valence-electron chi connectivity index (χ2n) is 9.36. The Balaban J connectivity index is 1.26. The van der Waals surface area contributed by atoms with Crippen LogP contribution in [0.5, 0.6) is 0 Å². The molecule has 0 radical (unpaired) electrons. The Hall–Kier alpha value is -2.26. The Kier molecular flexibility index (Phi) is 5.57. The Morgan fingerprint density at radius 1 is 1.06 bits per heavy atom. The molecule has 32 heavy (non-hydrogen) atoms. The number of hydrogen-bond donors (Lipinski definition) is 0. The highest BCUT2D eigenvalue weighted by molar-refractivity contribution is 5.73. The molecule has 2 aromatic rings. The second-order valence-corrected chi connectivity index (χ2v) is 9.36. The van der Waals surface area contributed by atoms with Crippen molar-refractivity contribution in [2.75, 3.05) is 50.7 Å². The summed E-state index contributed by atoms with van der Waals surface area (Å²) < 4.78 is 39.3. The van der Waals surface area contributed by atoms with E-state index in [1.807, 2.05) is 0 Å². The van der Waals surface area contributed by atoms with Crippen molar-refractivity contribution in [1.29, 1.82) is 0 Å². The summed E-state index contributed by atoms with van der Waals surface area (Å²) in [5.74, 6) is -0.429. The van der Waals surface area contributed by atoms with E-state index in [9.17, 15) is 13.2 Å². The van der Waals surface area contributed by atoms with Gasteiger partial charge in [0.1, 0.15) is 5.82 Å². The zero-order chi connectivity index (χ0) is 22.3. The van der Waals surface area contributed by atoms with Gasteiger partial charge in [-0.3, -0.25) is 4.90 Å². The lowest BCUT2D eigenvalue weighted by Crippen LogP contribution is -2.56. The van der Waals surface area contributed by atoms with Gasteiger partial charge >= 0.3 is 6.18 Å². The lowest BCUT2D eigenvalue weighted by molar-refractivity contribution is -0.144. The Bertz CT molecular complexity index is 951. The lowest BCUT2D eigenvalue weighted by atomic mass is 9.78. The van der Waals surface area contributed by atoms with E-state index in [1.165, 1.54) is 38.4 Å². The van der Waals surface area contributed by atoms with Crippen molar-refractivity contribution in [3.8, 4) is 11.3 Å².